The van der Waals surface area contributed by atoms with Crippen molar-refractivity contribution in [3.63, 3.8) is 0 Å². The van der Waals surface area contributed by atoms with Crippen LogP contribution < -0.4 is 0 Å². The summed E-state index contributed by atoms with van der Waals surface area (Å²) in [6.07, 6.45) is 14.5. The first-order chi connectivity index (χ1) is 7.93. The SMILES string of the molecule is C1#CC2CCCCC2CCC2CCCCC12. The van der Waals surface area contributed by atoms with Gasteiger partial charge in [-0.1, -0.05) is 37.5 Å². The predicted octanol–water partition coefficient (Wildman–Crippen LogP) is 4.40. The Morgan fingerprint density at radius 3 is 1.44 bits per heavy atom. The topological polar surface area (TPSA) is 0 Å². The summed E-state index contributed by atoms with van der Waals surface area (Å²) in [4.78, 5) is 0. The molecule has 0 aromatic rings. The van der Waals surface area contributed by atoms with Gasteiger partial charge in [-0.05, 0) is 50.4 Å². The Bertz CT molecular complexity index is 265. The number of hydrogen-bond donors (Lipinski definition) is 0. The molecule has 0 heterocycles. The third kappa shape index (κ3) is 2.15. The lowest BCUT2D eigenvalue weighted by Crippen LogP contribution is -2.25. The molecule has 3 aliphatic carbocycles. The van der Waals surface area contributed by atoms with Crippen molar-refractivity contribution in [2.45, 2.75) is 64.2 Å². The second-order valence-corrected chi connectivity index (χ2v) is 6.17. The minimum atomic E-state index is 0.775. The van der Waals surface area contributed by atoms with Gasteiger partial charge >= 0.3 is 0 Å². The molecule has 0 spiro atoms. The van der Waals surface area contributed by atoms with E-state index in [1.54, 1.807) is 0 Å². The van der Waals surface area contributed by atoms with Gasteiger partial charge in [-0.2, -0.15) is 0 Å². The Morgan fingerprint density at radius 2 is 0.938 bits per heavy atom. The number of hydrogen-bond acceptors (Lipinski definition) is 0. The summed E-state index contributed by atoms with van der Waals surface area (Å²) in [6, 6.07) is 0. The van der Waals surface area contributed by atoms with E-state index in [9.17, 15) is 0 Å². The van der Waals surface area contributed by atoms with Crippen LogP contribution in [-0.2, 0) is 0 Å². The van der Waals surface area contributed by atoms with Crippen LogP contribution in [0.1, 0.15) is 64.2 Å². The summed E-state index contributed by atoms with van der Waals surface area (Å²) in [5.41, 5.74) is 0. The van der Waals surface area contributed by atoms with E-state index in [0.29, 0.717) is 0 Å². The van der Waals surface area contributed by atoms with E-state index >= 15 is 0 Å². The number of rotatable bonds is 0. The van der Waals surface area contributed by atoms with Crippen LogP contribution in [0.25, 0.3) is 0 Å². The van der Waals surface area contributed by atoms with Gasteiger partial charge < -0.3 is 0 Å². The van der Waals surface area contributed by atoms with Gasteiger partial charge in [0, 0.05) is 11.8 Å². The second-order valence-electron chi connectivity index (χ2n) is 6.17. The monoisotopic (exact) mass is 216 g/mol. The van der Waals surface area contributed by atoms with E-state index in [4.69, 9.17) is 0 Å². The molecule has 0 amide bonds. The first kappa shape index (κ1) is 10.7. The Kier molecular flexibility index (Phi) is 3.22. The van der Waals surface area contributed by atoms with Crippen molar-refractivity contribution < 1.29 is 0 Å². The average molecular weight is 216 g/mol. The molecular formula is C16H24. The molecular weight excluding hydrogens is 192 g/mol. The van der Waals surface area contributed by atoms with E-state index in [-0.39, 0.29) is 0 Å². The first-order valence-corrected chi connectivity index (χ1v) is 7.44. The number of fused-ring (bicyclic) bond motifs is 2. The Hall–Kier alpha value is -0.440. The lowest BCUT2D eigenvalue weighted by molar-refractivity contribution is 0.208. The maximum atomic E-state index is 3.67. The molecule has 0 saturated heterocycles. The summed E-state index contributed by atoms with van der Waals surface area (Å²) >= 11 is 0. The normalized spacial score (nSPS) is 43.0. The summed E-state index contributed by atoms with van der Waals surface area (Å²) in [5.74, 6) is 10.8. The van der Waals surface area contributed by atoms with Gasteiger partial charge in [-0.25, -0.2) is 0 Å². The van der Waals surface area contributed by atoms with E-state index in [1.807, 2.05) is 0 Å². The largest absolute Gasteiger partial charge is 0.0993 e. The fraction of sp³-hybridized carbons (Fsp3) is 0.875. The highest BCUT2D eigenvalue weighted by atomic mass is 14.3. The molecule has 88 valence electrons. The first-order valence-electron chi connectivity index (χ1n) is 7.44. The molecule has 2 fully saturated rings. The van der Waals surface area contributed by atoms with Crippen LogP contribution in [0.2, 0.25) is 0 Å². The molecule has 3 aliphatic rings. The fourth-order valence-corrected chi connectivity index (χ4v) is 4.13. The summed E-state index contributed by atoms with van der Waals surface area (Å²) in [7, 11) is 0. The third-order valence-corrected chi connectivity index (χ3v) is 5.18. The standard InChI is InChI=1S/C16H24/c1-2-6-14-11-12-16-8-4-3-7-15(16)10-9-13(14)5-1/h13-16H,1-10H2. The minimum absolute atomic E-state index is 0.775. The maximum absolute atomic E-state index is 3.67. The molecule has 16 heavy (non-hydrogen) atoms. The molecule has 0 N–H and O–H groups in total. The van der Waals surface area contributed by atoms with Crippen molar-refractivity contribution >= 4 is 0 Å². The van der Waals surface area contributed by atoms with Crippen molar-refractivity contribution in [3.05, 3.63) is 0 Å². The molecule has 0 heteroatoms. The van der Waals surface area contributed by atoms with Crippen LogP contribution in [0.3, 0.4) is 0 Å². The van der Waals surface area contributed by atoms with Crippen molar-refractivity contribution in [1.82, 2.24) is 0 Å². The van der Waals surface area contributed by atoms with Gasteiger partial charge in [0.15, 0.2) is 0 Å². The summed E-state index contributed by atoms with van der Waals surface area (Å²) in [5, 5.41) is 0. The highest BCUT2D eigenvalue weighted by molar-refractivity contribution is 5.12. The Labute approximate surface area is 100 Å². The van der Waals surface area contributed by atoms with Gasteiger partial charge in [-0.15, -0.1) is 0 Å². The smallest absolute Gasteiger partial charge is 0.0231 e. The maximum Gasteiger partial charge on any atom is 0.0231 e. The zero-order valence-electron chi connectivity index (χ0n) is 10.4. The van der Waals surface area contributed by atoms with E-state index < -0.39 is 0 Å². The van der Waals surface area contributed by atoms with Crippen LogP contribution in [0.5, 0.6) is 0 Å². The highest BCUT2D eigenvalue weighted by Gasteiger charge is 2.30. The third-order valence-electron chi connectivity index (χ3n) is 5.18. The van der Waals surface area contributed by atoms with Gasteiger partial charge in [0.25, 0.3) is 0 Å². The molecule has 0 aromatic carbocycles. The lowest BCUT2D eigenvalue weighted by atomic mass is 9.70. The van der Waals surface area contributed by atoms with Crippen LogP contribution in [0, 0.1) is 35.5 Å². The molecule has 2 saturated carbocycles. The van der Waals surface area contributed by atoms with Crippen molar-refractivity contribution in [1.29, 1.82) is 0 Å². The fourth-order valence-electron chi connectivity index (χ4n) is 4.13. The predicted molar refractivity (Wildman–Crippen MR) is 67.9 cm³/mol. The van der Waals surface area contributed by atoms with E-state index in [1.165, 1.54) is 64.2 Å². The summed E-state index contributed by atoms with van der Waals surface area (Å²) in [6.45, 7) is 0. The molecule has 3 rings (SSSR count). The molecule has 0 aromatic heterocycles. The van der Waals surface area contributed by atoms with Crippen molar-refractivity contribution in [2.75, 3.05) is 0 Å². The van der Waals surface area contributed by atoms with Gasteiger partial charge in [0.2, 0.25) is 0 Å². The van der Waals surface area contributed by atoms with Crippen LogP contribution in [-0.4, -0.2) is 0 Å². The van der Waals surface area contributed by atoms with E-state index in [0.717, 1.165) is 23.7 Å². The summed E-state index contributed by atoms with van der Waals surface area (Å²) < 4.78 is 0. The lowest BCUT2D eigenvalue weighted by Gasteiger charge is -2.35. The second kappa shape index (κ2) is 4.82. The van der Waals surface area contributed by atoms with Gasteiger partial charge in [-0.3, -0.25) is 0 Å². The van der Waals surface area contributed by atoms with E-state index in [2.05, 4.69) is 11.8 Å². The zero-order valence-corrected chi connectivity index (χ0v) is 10.4. The van der Waals surface area contributed by atoms with Crippen LogP contribution in [0.4, 0.5) is 0 Å². The van der Waals surface area contributed by atoms with Crippen LogP contribution in [0.15, 0.2) is 0 Å². The van der Waals surface area contributed by atoms with Gasteiger partial charge in [0.05, 0.1) is 0 Å². The zero-order chi connectivity index (χ0) is 10.8. The quantitative estimate of drug-likeness (QED) is 0.527. The Morgan fingerprint density at radius 1 is 0.500 bits per heavy atom. The highest BCUT2D eigenvalue weighted by Crippen LogP contribution is 2.40. The molecule has 0 radical (unpaired) electrons. The average Bonchev–Trinajstić information content (AvgIpc) is 2.32. The molecule has 0 nitrogen and oxygen atoms in total. The molecule has 4 unspecified atom stereocenters. The van der Waals surface area contributed by atoms with Crippen LogP contribution >= 0.6 is 0 Å². The minimum Gasteiger partial charge on any atom is -0.0993 e. The molecule has 4 atom stereocenters. The van der Waals surface area contributed by atoms with Crippen molar-refractivity contribution in [3.8, 4) is 11.8 Å². The Balaban J connectivity index is 1.76. The molecule has 0 aliphatic heterocycles. The molecule has 0 bridgehead atoms. The van der Waals surface area contributed by atoms with Crippen molar-refractivity contribution in [2.24, 2.45) is 23.7 Å². The van der Waals surface area contributed by atoms with Gasteiger partial charge in [0.1, 0.15) is 0 Å².